The number of nitrogens with one attached hydrogen (secondary N) is 2. The third-order valence-electron chi connectivity index (χ3n) is 5.47. The fourth-order valence-corrected chi connectivity index (χ4v) is 4.60. The van der Waals surface area contributed by atoms with Gasteiger partial charge in [0.25, 0.3) is 0 Å². The Bertz CT molecular complexity index is 850. The van der Waals surface area contributed by atoms with E-state index in [1.165, 1.54) is 0 Å². The standard InChI is InChI=1S/C23H37N3O4S/c1-17(2)16-22(28)26-14-11-19(12-15-26)25-21(27)10-13-24-31(29,30)20-8-6-18(7-9-20)23(3,4)5/h6-9,17,19,24H,10-16H2,1-5H3,(H,25,27). The smallest absolute Gasteiger partial charge is 0.240 e. The molecule has 1 aromatic rings. The highest BCUT2D eigenvalue weighted by Crippen LogP contribution is 2.23. The number of carbonyl (C=O) groups is 2. The molecule has 0 radical (unpaired) electrons. The van der Waals surface area contributed by atoms with E-state index in [0.29, 0.717) is 25.4 Å². The second kappa shape index (κ2) is 10.6. The van der Waals surface area contributed by atoms with Crippen LogP contribution in [0.1, 0.15) is 65.9 Å². The molecule has 8 heteroatoms. The summed E-state index contributed by atoms with van der Waals surface area (Å²) in [7, 11) is -3.65. The van der Waals surface area contributed by atoms with E-state index in [1.807, 2.05) is 30.9 Å². The molecule has 1 saturated heterocycles. The van der Waals surface area contributed by atoms with Crippen molar-refractivity contribution in [2.45, 2.75) is 76.7 Å². The average molecular weight is 452 g/mol. The lowest BCUT2D eigenvalue weighted by Crippen LogP contribution is -2.47. The summed E-state index contributed by atoms with van der Waals surface area (Å²) in [6, 6.07) is 6.85. The molecule has 7 nitrogen and oxygen atoms in total. The molecule has 1 fully saturated rings. The van der Waals surface area contributed by atoms with Crippen molar-refractivity contribution < 1.29 is 18.0 Å². The summed E-state index contributed by atoms with van der Waals surface area (Å²) >= 11 is 0. The minimum atomic E-state index is -3.65. The summed E-state index contributed by atoms with van der Waals surface area (Å²) < 4.78 is 27.4. The Kier molecular flexibility index (Phi) is 8.65. The molecule has 1 heterocycles. The first kappa shape index (κ1) is 25.3. The van der Waals surface area contributed by atoms with Gasteiger partial charge in [-0.1, -0.05) is 46.8 Å². The average Bonchev–Trinajstić information content (AvgIpc) is 2.67. The molecular weight excluding hydrogens is 414 g/mol. The van der Waals surface area contributed by atoms with Gasteiger partial charge in [0.05, 0.1) is 4.90 Å². The maximum Gasteiger partial charge on any atom is 0.240 e. The van der Waals surface area contributed by atoms with E-state index in [-0.39, 0.29) is 41.1 Å². The van der Waals surface area contributed by atoms with Crippen LogP contribution in [0, 0.1) is 5.92 Å². The summed E-state index contributed by atoms with van der Waals surface area (Å²) in [4.78, 5) is 26.4. The summed E-state index contributed by atoms with van der Waals surface area (Å²) in [5.41, 5.74) is 1.01. The van der Waals surface area contributed by atoms with Gasteiger partial charge < -0.3 is 10.2 Å². The molecule has 1 aromatic carbocycles. The number of nitrogens with zero attached hydrogens (tertiary/aromatic N) is 1. The van der Waals surface area contributed by atoms with Crippen LogP contribution in [0.3, 0.4) is 0 Å². The van der Waals surface area contributed by atoms with E-state index in [4.69, 9.17) is 0 Å². The van der Waals surface area contributed by atoms with E-state index in [0.717, 1.165) is 18.4 Å². The number of sulfonamides is 1. The van der Waals surface area contributed by atoms with E-state index < -0.39 is 10.0 Å². The zero-order valence-corrected chi connectivity index (χ0v) is 20.2. The molecule has 0 aromatic heterocycles. The van der Waals surface area contributed by atoms with Gasteiger partial charge in [0.15, 0.2) is 0 Å². The molecule has 0 bridgehead atoms. The maximum atomic E-state index is 12.5. The van der Waals surface area contributed by atoms with Crippen LogP contribution in [-0.2, 0) is 25.0 Å². The third kappa shape index (κ3) is 7.92. The monoisotopic (exact) mass is 451 g/mol. The van der Waals surface area contributed by atoms with E-state index >= 15 is 0 Å². The van der Waals surface area contributed by atoms with Crippen LogP contribution < -0.4 is 10.0 Å². The summed E-state index contributed by atoms with van der Waals surface area (Å²) in [6.45, 7) is 11.6. The van der Waals surface area contributed by atoms with Gasteiger partial charge in [0.2, 0.25) is 21.8 Å². The Morgan fingerprint density at radius 2 is 1.68 bits per heavy atom. The Morgan fingerprint density at radius 1 is 1.10 bits per heavy atom. The van der Waals surface area contributed by atoms with Gasteiger partial charge in [-0.15, -0.1) is 0 Å². The highest BCUT2D eigenvalue weighted by atomic mass is 32.2. The number of carbonyl (C=O) groups excluding carboxylic acids is 2. The van der Waals surface area contributed by atoms with Gasteiger partial charge in [0.1, 0.15) is 0 Å². The second-order valence-electron chi connectivity index (χ2n) is 9.74. The van der Waals surface area contributed by atoms with Crippen molar-refractivity contribution in [2.24, 2.45) is 5.92 Å². The normalized spacial score (nSPS) is 15.9. The molecule has 2 amide bonds. The number of likely N-dealkylation sites (tertiary alicyclic amines) is 1. The molecule has 0 aliphatic carbocycles. The Balaban J connectivity index is 1.75. The molecule has 2 rings (SSSR count). The van der Waals surface area contributed by atoms with Crippen molar-refractivity contribution in [3.63, 3.8) is 0 Å². The lowest BCUT2D eigenvalue weighted by Gasteiger charge is -2.32. The van der Waals surface area contributed by atoms with E-state index in [2.05, 4.69) is 30.8 Å². The lowest BCUT2D eigenvalue weighted by atomic mass is 9.87. The van der Waals surface area contributed by atoms with Crippen molar-refractivity contribution in [1.82, 2.24) is 14.9 Å². The van der Waals surface area contributed by atoms with Crippen LogP contribution in [0.25, 0.3) is 0 Å². The molecule has 2 N–H and O–H groups in total. The number of piperidine rings is 1. The maximum absolute atomic E-state index is 12.5. The molecule has 0 atom stereocenters. The van der Waals surface area contributed by atoms with Crippen molar-refractivity contribution in [3.05, 3.63) is 29.8 Å². The Morgan fingerprint density at radius 3 is 2.19 bits per heavy atom. The Hall–Kier alpha value is -1.93. The van der Waals surface area contributed by atoms with Crippen molar-refractivity contribution in [1.29, 1.82) is 0 Å². The van der Waals surface area contributed by atoms with Crippen molar-refractivity contribution >= 4 is 21.8 Å². The molecule has 0 spiro atoms. The predicted octanol–water partition coefficient (Wildman–Crippen LogP) is 2.81. The van der Waals surface area contributed by atoms with Gasteiger partial charge in [0, 0.05) is 38.5 Å². The molecule has 1 aliphatic rings. The van der Waals surface area contributed by atoms with Gasteiger partial charge in [-0.05, 0) is 41.9 Å². The summed E-state index contributed by atoms with van der Waals surface area (Å²) in [6.07, 6.45) is 2.07. The molecule has 0 unspecified atom stereocenters. The molecule has 0 saturated carbocycles. The first-order valence-electron chi connectivity index (χ1n) is 11.1. The van der Waals surface area contributed by atoms with Crippen LogP contribution in [0.15, 0.2) is 29.2 Å². The topological polar surface area (TPSA) is 95.6 Å². The van der Waals surface area contributed by atoms with Gasteiger partial charge in [-0.25, -0.2) is 13.1 Å². The molecule has 174 valence electrons. The van der Waals surface area contributed by atoms with Crippen LogP contribution >= 0.6 is 0 Å². The van der Waals surface area contributed by atoms with Crippen LogP contribution in [0.2, 0.25) is 0 Å². The third-order valence-corrected chi connectivity index (χ3v) is 6.95. The SMILES string of the molecule is CC(C)CC(=O)N1CCC(NC(=O)CCNS(=O)(=O)c2ccc(C(C)(C)C)cc2)CC1. The number of rotatable bonds is 8. The molecular formula is C23H37N3O4S. The Labute approximate surface area is 187 Å². The highest BCUT2D eigenvalue weighted by molar-refractivity contribution is 7.89. The quantitative estimate of drug-likeness (QED) is 0.635. The fraction of sp³-hybridized carbons (Fsp3) is 0.652. The predicted molar refractivity (Wildman–Crippen MR) is 122 cm³/mol. The lowest BCUT2D eigenvalue weighted by molar-refractivity contribution is -0.133. The number of amides is 2. The number of hydrogen-bond acceptors (Lipinski definition) is 4. The van der Waals surface area contributed by atoms with Crippen LogP contribution in [-0.4, -0.2) is 50.8 Å². The molecule has 31 heavy (non-hydrogen) atoms. The van der Waals surface area contributed by atoms with Gasteiger partial charge in [-0.2, -0.15) is 0 Å². The number of benzene rings is 1. The zero-order chi connectivity index (χ0) is 23.2. The summed E-state index contributed by atoms with van der Waals surface area (Å²) in [5, 5.41) is 2.96. The van der Waals surface area contributed by atoms with Gasteiger partial charge in [-0.3, -0.25) is 9.59 Å². The van der Waals surface area contributed by atoms with Crippen LogP contribution in [0.5, 0.6) is 0 Å². The first-order valence-corrected chi connectivity index (χ1v) is 12.5. The highest BCUT2D eigenvalue weighted by Gasteiger charge is 2.24. The van der Waals surface area contributed by atoms with Gasteiger partial charge >= 0.3 is 0 Å². The minimum absolute atomic E-state index is 0.0251. The summed E-state index contributed by atoms with van der Waals surface area (Å²) in [5.74, 6) is 0.326. The fourth-order valence-electron chi connectivity index (χ4n) is 3.57. The minimum Gasteiger partial charge on any atom is -0.353 e. The van der Waals surface area contributed by atoms with E-state index in [1.54, 1.807) is 12.1 Å². The number of hydrogen-bond donors (Lipinski definition) is 2. The zero-order valence-electron chi connectivity index (χ0n) is 19.4. The van der Waals surface area contributed by atoms with Crippen LogP contribution in [0.4, 0.5) is 0 Å². The van der Waals surface area contributed by atoms with Crippen molar-refractivity contribution in [3.8, 4) is 0 Å². The second-order valence-corrected chi connectivity index (χ2v) is 11.5. The van der Waals surface area contributed by atoms with Crippen molar-refractivity contribution in [2.75, 3.05) is 19.6 Å². The first-order chi connectivity index (χ1) is 14.4. The largest absolute Gasteiger partial charge is 0.353 e. The van der Waals surface area contributed by atoms with E-state index in [9.17, 15) is 18.0 Å². The molecule has 1 aliphatic heterocycles.